The van der Waals surface area contributed by atoms with Gasteiger partial charge in [-0.15, -0.1) is 0 Å². The Kier molecular flexibility index (Phi) is 8.38. The van der Waals surface area contributed by atoms with E-state index in [1.165, 1.54) is 0 Å². The quantitative estimate of drug-likeness (QED) is 0.309. The molecule has 2 aromatic heterocycles. The van der Waals surface area contributed by atoms with E-state index in [9.17, 15) is 4.79 Å². The molecule has 1 aromatic carbocycles. The minimum Gasteiger partial charge on any atom is -0.450 e. The molecule has 8 heteroatoms. The smallest absolute Gasteiger partial charge is 0.407 e. The molecule has 33 heavy (non-hydrogen) atoms. The topological polar surface area (TPSA) is 85.4 Å². The number of nitrogens with one attached hydrogen (secondary N) is 1. The molecule has 0 fully saturated rings. The Morgan fingerprint density at radius 2 is 2.00 bits per heavy atom. The molecule has 0 saturated heterocycles. The SMILES string of the molecule is C=CN(CCCCOC(=O)NCc1cccc(-n2cccc2)c1)c1nc(Cl)c(C)c(N)c1C. The number of nitrogens with zero attached hydrogens (tertiary/aromatic N) is 3. The lowest BCUT2D eigenvalue weighted by atomic mass is 10.1. The molecule has 0 spiro atoms. The van der Waals surface area contributed by atoms with E-state index in [4.69, 9.17) is 22.1 Å². The fourth-order valence-corrected chi connectivity index (χ4v) is 3.63. The first-order valence-electron chi connectivity index (χ1n) is 10.8. The number of amides is 1. The second-order valence-electron chi connectivity index (χ2n) is 7.72. The van der Waals surface area contributed by atoms with Crippen LogP contribution in [0.15, 0.2) is 61.6 Å². The number of pyridine rings is 1. The molecule has 2 heterocycles. The zero-order chi connectivity index (χ0) is 23.8. The third-order valence-electron chi connectivity index (χ3n) is 5.43. The van der Waals surface area contributed by atoms with Crippen LogP contribution in [-0.2, 0) is 11.3 Å². The van der Waals surface area contributed by atoms with Crippen LogP contribution < -0.4 is 16.0 Å². The highest BCUT2D eigenvalue weighted by Gasteiger charge is 2.15. The maximum atomic E-state index is 12.1. The summed E-state index contributed by atoms with van der Waals surface area (Å²) < 4.78 is 7.33. The summed E-state index contributed by atoms with van der Waals surface area (Å²) in [5, 5.41) is 3.19. The van der Waals surface area contributed by atoms with Gasteiger partial charge in [-0.1, -0.05) is 30.3 Å². The van der Waals surface area contributed by atoms with Crippen LogP contribution in [-0.4, -0.2) is 28.8 Å². The van der Waals surface area contributed by atoms with E-state index < -0.39 is 6.09 Å². The lowest BCUT2D eigenvalue weighted by Crippen LogP contribution is -2.25. The van der Waals surface area contributed by atoms with Crippen molar-refractivity contribution in [2.24, 2.45) is 0 Å². The van der Waals surface area contributed by atoms with E-state index in [2.05, 4.69) is 16.9 Å². The van der Waals surface area contributed by atoms with Crippen LogP contribution in [0, 0.1) is 13.8 Å². The van der Waals surface area contributed by atoms with Crippen molar-refractivity contribution in [3.63, 3.8) is 0 Å². The Hall–Kier alpha value is -3.45. The van der Waals surface area contributed by atoms with Crippen molar-refractivity contribution in [2.75, 3.05) is 23.8 Å². The van der Waals surface area contributed by atoms with Crippen molar-refractivity contribution in [3.8, 4) is 5.69 Å². The Morgan fingerprint density at radius 3 is 2.73 bits per heavy atom. The van der Waals surface area contributed by atoms with Gasteiger partial charge in [-0.2, -0.15) is 0 Å². The van der Waals surface area contributed by atoms with Gasteiger partial charge in [0.25, 0.3) is 0 Å². The van der Waals surface area contributed by atoms with Gasteiger partial charge in [0.05, 0.1) is 6.61 Å². The summed E-state index contributed by atoms with van der Waals surface area (Å²) in [5.41, 5.74) is 10.5. The second-order valence-corrected chi connectivity index (χ2v) is 8.08. The molecular formula is C25H30ClN5O2. The van der Waals surface area contributed by atoms with Crippen LogP contribution in [0.25, 0.3) is 5.69 Å². The third kappa shape index (κ3) is 6.29. The van der Waals surface area contributed by atoms with E-state index in [1.54, 1.807) is 6.20 Å². The average molecular weight is 468 g/mol. The highest BCUT2D eigenvalue weighted by Crippen LogP contribution is 2.30. The van der Waals surface area contributed by atoms with Gasteiger partial charge in [0.2, 0.25) is 0 Å². The van der Waals surface area contributed by atoms with E-state index in [0.29, 0.717) is 42.8 Å². The fraction of sp³-hybridized carbons (Fsp3) is 0.280. The number of carbonyl (C=O) groups is 1. The predicted octanol–water partition coefficient (Wildman–Crippen LogP) is 5.38. The Balaban J connectivity index is 1.41. The first-order valence-corrected chi connectivity index (χ1v) is 11.2. The molecule has 3 N–H and O–H groups in total. The lowest BCUT2D eigenvalue weighted by molar-refractivity contribution is 0.144. The summed E-state index contributed by atoms with van der Waals surface area (Å²) in [6, 6.07) is 11.9. The Bertz CT molecular complexity index is 1100. The van der Waals surface area contributed by atoms with Crippen LogP contribution >= 0.6 is 11.6 Å². The highest BCUT2D eigenvalue weighted by atomic mass is 35.5. The maximum absolute atomic E-state index is 12.1. The molecule has 3 aromatic rings. The lowest BCUT2D eigenvalue weighted by Gasteiger charge is -2.23. The number of alkyl carbamates (subject to hydrolysis) is 1. The third-order valence-corrected chi connectivity index (χ3v) is 5.79. The molecule has 0 aliphatic heterocycles. The van der Waals surface area contributed by atoms with Gasteiger partial charge >= 0.3 is 6.09 Å². The molecule has 174 valence electrons. The Morgan fingerprint density at radius 1 is 1.24 bits per heavy atom. The van der Waals surface area contributed by atoms with Gasteiger partial charge in [0.15, 0.2) is 0 Å². The number of anilines is 2. The van der Waals surface area contributed by atoms with Crippen molar-refractivity contribution in [1.29, 1.82) is 0 Å². The number of nitrogen functional groups attached to an aromatic ring is 1. The van der Waals surface area contributed by atoms with Crippen molar-refractivity contribution >= 4 is 29.2 Å². The van der Waals surface area contributed by atoms with Gasteiger partial charge in [0, 0.05) is 48.0 Å². The number of unbranched alkanes of at least 4 members (excludes halogenated alkanes) is 1. The summed E-state index contributed by atoms with van der Waals surface area (Å²) >= 11 is 6.20. The van der Waals surface area contributed by atoms with Crippen molar-refractivity contribution in [1.82, 2.24) is 14.9 Å². The van der Waals surface area contributed by atoms with E-state index in [1.807, 2.05) is 72.1 Å². The number of aromatic nitrogens is 2. The maximum Gasteiger partial charge on any atom is 0.407 e. The first-order chi connectivity index (χ1) is 15.9. The number of carbonyl (C=O) groups excluding carboxylic acids is 1. The van der Waals surface area contributed by atoms with Crippen molar-refractivity contribution in [2.45, 2.75) is 33.2 Å². The largest absolute Gasteiger partial charge is 0.450 e. The highest BCUT2D eigenvalue weighted by molar-refractivity contribution is 6.30. The summed E-state index contributed by atoms with van der Waals surface area (Å²) in [6.45, 7) is 9.02. The number of halogens is 1. The normalized spacial score (nSPS) is 10.6. The van der Waals surface area contributed by atoms with Gasteiger partial charge in [-0.3, -0.25) is 0 Å². The first kappa shape index (κ1) is 24.2. The van der Waals surface area contributed by atoms with Crippen molar-refractivity contribution < 1.29 is 9.53 Å². The summed E-state index contributed by atoms with van der Waals surface area (Å²) in [6.07, 6.45) is 6.72. The molecule has 1 amide bonds. The van der Waals surface area contributed by atoms with Crippen LogP contribution in [0.1, 0.15) is 29.5 Å². The van der Waals surface area contributed by atoms with Gasteiger partial charge in [0.1, 0.15) is 11.0 Å². The van der Waals surface area contributed by atoms with Gasteiger partial charge < -0.3 is 25.3 Å². The standard InChI is InChI=1S/C25H30ClN5O2/c1-4-30(24-19(3)22(27)18(2)23(26)29-24)12-7-8-15-33-25(32)28-17-20-10-9-11-21(16-20)31-13-5-6-14-31/h4-6,9-11,13-14,16H,1,7-8,12,15,17H2,2-3H3,(H2,27,29)(H,28,32). The zero-order valence-corrected chi connectivity index (χ0v) is 19.8. The van der Waals surface area contributed by atoms with Crippen LogP contribution in [0.2, 0.25) is 5.15 Å². The summed E-state index contributed by atoms with van der Waals surface area (Å²) in [4.78, 5) is 18.4. The Labute approximate surface area is 199 Å². The van der Waals surface area contributed by atoms with E-state index in [0.717, 1.165) is 28.8 Å². The number of rotatable bonds is 10. The van der Waals surface area contributed by atoms with Crippen LogP contribution in [0.5, 0.6) is 0 Å². The molecule has 0 radical (unpaired) electrons. The minimum absolute atomic E-state index is 0.323. The number of hydrogen-bond donors (Lipinski definition) is 2. The molecular weight excluding hydrogens is 438 g/mol. The summed E-state index contributed by atoms with van der Waals surface area (Å²) in [5.74, 6) is 0.693. The van der Waals surface area contributed by atoms with E-state index in [-0.39, 0.29) is 0 Å². The fourth-order valence-electron chi connectivity index (χ4n) is 3.44. The predicted molar refractivity (Wildman–Crippen MR) is 134 cm³/mol. The van der Waals surface area contributed by atoms with Crippen molar-refractivity contribution in [3.05, 3.63) is 83.4 Å². The van der Waals surface area contributed by atoms with Crippen LogP contribution in [0.3, 0.4) is 0 Å². The zero-order valence-electron chi connectivity index (χ0n) is 19.1. The molecule has 0 bridgehead atoms. The molecule has 7 nitrogen and oxygen atoms in total. The average Bonchev–Trinajstić information content (AvgIpc) is 3.37. The van der Waals surface area contributed by atoms with Crippen LogP contribution in [0.4, 0.5) is 16.3 Å². The number of benzene rings is 1. The minimum atomic E-state index is -0.433. The number of ether oxygens (including phenoxy) is 1. The van der Waals surface area contributed by atoms with Gasteiger partial charge in [-0.25, -0.2) is 9.78 Å². The molecule has 0 atom stereocenters. The summed E-state index contributed by atoms with van der Waals surface area (Å²) in [7, 11) is 0. The molecule has 0 unspecified atom stereocenters. The number of nitrogens with two attached hydrogens (primary N) is 1. The monoisotopic (exact) mass is 467 g/mol. The van der Waals surface area contributed by atoms with Gasteiger partial charge in [-0.05, 0) is 62.7 Å². The number of hydrogen-bond acceptors (Lipinski definition) is 5. The molecule has 0 aliphatic rings. The molecule has 0 aliphatic carbocycles. The molecule has 3 rings (SSSR count). The molecule has 0 saturated carbocycles. The van der Waals surface area contributed by atoms with E-state index >= 15 is 0 Å². The second kappa shape index (κ2) is 11.4.